The fraction of sp³-hybridized carbons (Fsp3) is 0.326. The van der Waals surface area contributed by atoms with Gasteiger partial charge in [-0.3, -0.25) is 24.2 Å². The Morgan fingerprint density at radius 3 is 1.47 bits per heavy atom. The first-order chi connectivity index (χ1) is 28.4. The number of halogens is 4. The van der Waals surface area contributed by atoms with Crippen LogP contribution < -0.4 is 11.1 Å². The minimum absolute atomic E-state index is 0.00711. The van der Waals surface area contributed by atoms with E-state index in [0.717, 1.165) is 74.1 Å². The summed E-state index contributed by atoms with van der Waals surface area (Å²) in [4.78, 5) is 45.7. The molecule has 4 bridgehead atoms. The lowest BCUT2D eigenvalue weighted by Crippen LogP contribution is -2.54. The van der Waals surface area contributed by atoms with E-state index < -0.39 is 0 Å². The fourth-order valence-electron chi connectivity index (χ4n) is 8.66. The van der Waals surface area contributed by atoms with Crippen LogP contribution in [0.1, 0.15) is 54.9 Å². The average molecular weight is 842 g/mol. The van der Waals surface area contributed by atoms with E-state index in [9.17, 15) is 23.2 Å². The van der Waals surface area contributed by atoms with Crippen molar-refractivity contribution in [1.29, 1.82) is 0 Å². The van der Waals surface area contributed by atoms with Crippen LogP contribution in [-0.2, 0) is 27.5 Å². The average Bonchev–Trinajstić information content (AvgIpc) is 3.55. The third-order valence-corrected chi connectivity index (χ3v) is 12.1. The molecule has 0 radical (unpaired) electrons. The van der Waals surface area contributed by atoms with Crippen LogP contribution in [0, 0.1) is 11.6 Å². The molecule has 3 N–H and O–H groups in total. The number of nitrogens with one attached hydrogen (secondary N) is 1. The van der Waals surface area contributed by atoms with Gasteiger partial charge in [0.15, 0.2) is 0 Å². The minimum atomic E-state index is -0.226. The van der Waals surface area contributed by atoms with Gasteiger partial charge in [-0.1, -0.05) is 59.6 Å². The molecule has 13 heteroatoms. The molecule has 308 valence electrons. The Morgan fingerprint density at radius 1 is 0.644 bits per heavy atom. The maximum atomic E-state index is 13.2. The standard InChI is InChI=1S/C24H25ClFN3O2.C22H23ClFN3O/c1-16(30)27-23-12-19(25)6-4-18(23)5-11-24(31)28-14-21-9-10-22(15-28)29(21)13-17-2-7-20(26)8-3-17;23-17-5-3-16(21(25)11-17)4-10-22(28)26-13-19-8-9-20(14-26)27(19)12-15-1-6-18(24)7-2-15/h2-8,11-12,21-22H,9-10,13-15H2,1H3,(H,27,30);1-7,10-11,19-20H,8-9,12-14,25H2/b11-5+;10-4+. The molecule has 9 nitrogen and oxygen atoms in total. The quantitative estimate of drug-likeness (QED) is 0.130. The maximum Gasteiger partial charge on any atom is 0.246 e. The number of carbonyl (C=O) groups is 3. The maximum absolute atomic E-state index is 13.2. The molecule has 4 aliphatic rings. The van der Waals surface area contributed by atoms with Crippen LogP contribution >= 0.6 is 23.2 Å². The van der Waals surface area contributed by atoms with Crippen molar-refractivity contribution in [2.75, 3.05) is 37.2 Å². The second-order valence-corrected chi connectivity index (χ2v) is 16.6. The fourth-order valence-corrected chi connectivity index (χ4v) is 9.01. The normalized spacial score (nSPS) is 21.5. The molecule has 4 atom stereocenters. The number of nitrogens with two attached hydrogens (primary N) is 1. The SMILES string of the molecule is CC(=O)Nc1cc(Cl)ccc1/C=C/C(=O)N1CC2CCC(C1)N2Cc1ccc(F)cc1.Nc1cc(Cl)ccc1/C=C/C(=O)N1CC2CCC(C1)N2Cc1ccc(F)cc1. The number of hydrogen-bond donors (Lipinski definition) is 2. The molecule has 0 aromatic heterocycles. The van der Waals surface area contributed by atoms with Gasteiger partial charge in [0.2, 0.25) is 17.7 Å². The van der Waals surface area contributed by atoms with Gasteiger partial charge in [-0.05, 0) is 109 Å². The Bertz CT molecular complexity index is 2190. The Balaban J connectivity index is 0.000000180. The van der Waals surface area contributed by atoms with E-state index in [4.69, 9.17) is 28.9 Å². The van der Waals surface area contributed by atoms with Gasteiger partial charge in [0.05, 0.1) is 0 Å². The summed E-state index contributed by atoms with van der Waals surface area (Å²) < 4.78 is 26.3. The molecule has 4 unspecified atom stereocenters. The van der Waals surface area contributed by atoms with Crippen molar-refractivity contribution >= 4 is 64.5 Å². The van der Waals surface area contributed by atoms with Crippen molar-refractivity contribution in [2.45, 2.75) is 69.9 Å². The molecular weight excluding hydrogens is 793 g/mol. The molecule has 0 saturated carbocycles. The molecule has 0 aliphatic carbocycles. The molecule has 0 spiro atoms. The molecule has 59 heavy (non-hydrogen) atoms. The van der Waals surface area contributed by atoms with Crippen LogP contribution in [0.25, 0.3) is 12.2 Å². The molecular formula is C46H48Cl2F2N6O3. The number of nitrogen functional groups attached to an aromatic ring is 1. The Hall–Kier alpha value is -5.07. The number of amides is 3. The third kappa shape index (κ3) is 10.8. The number of fused-ring (bicyclic) bond motifs is 4. The predicted octanol–water partition coefficient (Wildman–Crippen LogP) is 8.28. The van der Waals surface area contributed by atoms with Crippen molar-refractivity contribution in [2.24, 2.45) is 0 Å². The number of nitrogens with zero attached hydrogens (tertiary/aromatic N) is 4. The first-order valence-corrected chi connectivity index (χ1v) is 20.7. The van der Waals surface area contributed by atoms with Crippen LogP contribution in [0.2, 0.25) is 10.0 Å². The number of likely N-dealkylation sites (tertiary alicyclic amines) is 2. The molecule has 3 amide bonds. The molecule has 4 aromatic carbocycles. The van der Waals surface area contributed by atoms with Gasteiger partial charge in [0.25, 0.3) is 0 Å². The van der Waals surface area contributed by atoms with Gasteiger partial charge < -0.3 is 20.9 Å². The van der Waals surface area contributed by atoms with Crippen molar-refractivity contribution in [1.82, 2.24) is 19.6 Å². The van der Waals surface area contributed by atoms with E-state index in [0.29, 0.717) is 58.7 Å². The molecule has 4 saturated heterocycles. The summed E-state index contributed by atoms with van der Waals surface area (Å²) in [6.45, 7) is 5.81. The highest BCUT2D eigenvalue weighted by molar-refractivity contribution is 6.31. The van der Waals surface area contributed by atoms with E-state index in [1.807, 2.05) is 40.1 Å². The number of hydrogen-bond acceptors (Lipinski definition) is 6. The summed E-state index contributed by atoms with van der Waals surface area (Å²) in [6, 6.07) is 25.1. The van der Waals surface area contributed by atoms with Gasteiger partial charge in [0.1, 0.15) is 11.6 Å². The molecule has 4 fully saturated rings. The van der Waals surface area contributed by atoms with Crippen LogP contribution in [0.3, 0.4) is 0 Å². The van der Waals surface area contributed by atoms with Crippen LogP contribution in [0.4, 0.5) is 20.2 Å². The highest BCUT2D eigenvalue weighted by atomic mass is 35.5. The Labute approximate surface area is 354 Å². The van der Waals surface area contributed by atoms with Gasteiger partial charge in [-0.2, -0.15) is 0 Å². The first kappa shape index (κ1) is 42.1. The Kier molecular flexibility index (Phi) is 13.5. The second kappa shape index (κ2) is 18.9. The van der Waals surface area contributed by atoms with Crippen molar-refractivity contribution in [3.8, 4) is 0 Å². The summed E-state index contributed by atoms with van der Waals surface area (Å²) in [7, 11) is 0. The highest BCUT2D eigenvalue weighted by Gasteiger charge is 2.42. The molecule has 8 rings (SSSR count). The number of piperazine rings is 2. The number of benzene rings is 4. The lowest BCUT2D eigenvalue weighted by Gasteiger charge is -2.40. The summed E-state index contributed by atoms with van der Waals surface area (Å²) >= 11 is 11.9. The first-order valence-electron chi connectivity index (χ1n) is 19.9. The molecule has 4 heterocycles. The summed E-state index contributed by atoms with van der Waals surface area (Å²) in [5.41, 5.74) is 10.8. The van der Waals surface area contributed by atoms with E-state index in [1.165, 1.54) is 31.2 Å². The zero-order valence-electron chi connectivity index (χ0n) is 32.9. The number of anilines is 2. The number of rotatable bonds is 9. The van der Waals surface area contributed by atoms with Gasteiger partial charge in [0, 0.05) is 104 Å². The zero-order valence-corrected chi connectivity index (χ0v) is 34.4. The van der Waals surface area contributed by atoms with Crippen molar-refractivity contribution in [3.63, 3.8) is 0 Å². The van der Waals surface area contributed by atoms with Gasteiger partial charge >= 0.3 is 0 Å². The Morgan fingerprint density at radius 2 is 1.05 bits per heavy atom. The van der Waals surface area contributed by atoms with Crippen LogP contribution in [0.15, 0.2) is 97.1 Å². The summed E-state index contributed by atoms with van der Waals surface area (Å²) in [5.74, 6) is -0.668. The lowest BCUT2D eigenvalue weighted by molar-refractivity contribution is -0.130. The minimum Gasteiger partial charge on any atom is -0.398 e. The van der Waals surface area contributed by atoms with Gasteiger partial charge in [-0.15, -0.1) is 0 Å². The monoisotopic (exact) mass is 840 g/mol. The largest absolute Gasteiger partial charge is 0.398 e. The van der Waals surface area contributed by atoms with Crippen LogP contribution in [-0.4, -0.2) is 87.7 Å². The molecule has 4 aromatic rings. The second-order valence-electron chi connectivity index (χ2n) is 15.7. The van der Waals surface area contributed by atoms with E-state index in [-0.39, 0.29) is 29.4 Å². The van der Waals surface area contributed by atoms with Gasteiger partial charge in [-0.25, -0.2) is 8.78 Å². The van der Waals surface area contributed by atoms with Crippen molar-refractivity contribution < 1.29 is 23.2 Å². The summed E-state index contributed by atoms with van der Waals surface area (Å²) in [5, 5.41) is 3.84. The predicted molar refractivity (Wildman–Crippen MR) is 230 cm³/mol. The molecule has 4 aliphatic heterocycles. The highest BCUT2D eigenvalue weighted by Crippen LogP contribution is 2.33. The smallest absolute Gasteiger partial charge is 0.246 e. The van der Waals surface area contributed by atoms with E-state index in [1.54, 1.807) is 54.6 Å². The van der Waals surface area contributed by atoms with Crippen LogP contribution in [0.5, 0.6) is 0 Å². The van der Waals surface area contributed by atoms with E-state index >= 15 is 0 Å². The number of carbonyl (C=O) groups excluding carboxylic acids is 3. The topological polar surface area (TPSA) is 102 Å². The van der Waals surface area contributed by atoms with Crippen molar-refractivity contribution in [3.05, 3.63) is 141 Å². The summed E-state index contributed by atoms with van der Waals surface area (Å²) in [6.07, 6.45) is 10.9. The zero-order chi connectivity index (χ0) is 41.6. The lowest BCUT2D eigenvalue weighted by atomic mass is 10.1. The third-order valence-electron chi connectivity index (χ3n) is 11.6. The van der Waals surface area contributed by atoms with E-state index in [2.05, 4.69) is 15.1 Å².